The van der Waals surface area contributed by atoms with Crippen LogP contribution >= 0.6 is 31.9 Å². The van der Waals surface area contributed by atoms with Gasteiger partial charge >= 0.3 is 0 Å². The van der Waals surface area contributed by atoms with Crippen LogP contribution in [0.4, 0.5) is 5.69 Å². The highest BCUT2D eigenvalue weighted by Crippen LogP contribution is 2.28. The number of benzene rings is 1. The number of hydrogen-bond acceptors (Lipinski definition) is 3. The lowest BCUT2D eigenvalue weighted by atomic mass is 9.93. The number of rotatable bonds is 2. The van der Waals surface area contributed by atoms with Gasteiger partial charge in [0.1, 0.15) is 0 Å². The van der Waals surface area contributed by atoms with E-state index in [2.05, 4.69) is 36.9 Å². The van der Waals surface area contributed by atoms with E-state index in [-0.39, 0.29) is 11.3 Å². The molecule has 0 unspecified atom stereocenters. The number of halogens is 2. The summed E-state index contributed by atoms with van der Waals surface area (Å²) in [7, 11) is 0. The quantitative estimate of drug-likeness (QED) is 0.604. The maximum Gasteiger partial charge on any atom is 0.0600 e. The van der Waals surface area contributed by atoms with Crippen LogP contribution in [0.15, 0.2) is 26.1 Å². The summed E-state index contributed by atoms with van der Waals surface area (Å²) in [4.78, 5) is 3.59. The van der Waals surface area contributed by atoms with Crippen LogP contribution in [0, 0.1) is 0 Å². The van der Waals surface area contributed by atoms with E-state index < -0.39 is 37.6 Å². The van der Waals surface area contributed by atoms with Crippen LogP contribution in [0.2, 0.25) is 0 Å². The predicted octanol–water partition coefficient (Wildman–Crippen LogP) is 3.52. The van der Waals surface area contributed by atoms with E-state index in [9.17, 15) is 5.11 Å². The van der Waals surface area contributed by atoms with Crippen LogP contribution < -0.4 is 5.73 Å². The molecule has 1 aromatic carbocycles. The third-order valence-electron chi connectivity index (χ3n) is 2.06. The van der Waals surface area contributed by atoms with Gasteiger partial charge in [-0.1, -0.05) is 15.9 Å². The standard InChI is InChI=1S/C13H16Br2N2O/c14-9-5-8(13(16)12(15)6-9)7-17-10-1-3-11(18)4-2-10/h5-7,10-11,18H,1-4,16H2/i1D2,2D2,3D2,4D2,10D,11D. The highest BCUT2D eigenvalue weighted by molar-refractivity contribution is 9.11. The van der Waals surface area contributed by atoms with Gasteiger partial charge in [0.05, 0.1) is 20.5 Å². The fourth-order valence-corrected chi connectivity index (χ4v) is 2.47. The molecule has 0 spiro atoms. The largest absolute Gasteiger partial charge is 0.397 e. The summed E-state index contributed by atoms with van der Waals surface area (Å²) < 4.78 is 80.4. The van der Waals surface area contributed by atoms with Gasteiger partial charge in [-0.25, -0.2) is 0 Å². The molecule has 1 aliphatic rings. The van der Waals surface area contributed by atoms with E-state index >= 15 is 0 Å². The molecule has 0 bridgehead atoms. The molecule has 0 saturated heterocycles. The van der Waals surface area contributed by atoms with E-state index in [0.717, 1.165) is 6.21 Å². The Hall–Kier alpha value is -0.390. The molecule has 0 atom stereocenters. The van der Waals surface area contributed by atoms with Crippen LogP contribution in [-0.4, -0.2) is 23.4 Å². The molecule has 1 aliphatic carbocycles. The van der Waals surface area contributed by atoms with Crippen molar-refractivity contribution < 1.29 is 18.8 Å². The fraction of sp³-hybridized carbons (Fsp3) is 0.462. The minimum atomic E-state index is -3.83. The topological polar surface area (TPSA) is 58.6 Å². The molecule has 98 valence electrons. The van der Waals surface area contributed by atoms with Crippen molar-refractivity contribution in [3.63, 3.8) is 0 Å². The number of anilines is 1. The summed E-state index contributed by atoms with van der Waals surface area (Å²) in [5.41, 5.74) is 6.12. The Morgan fingerprint density at radius 2 is 2.06 bits per heavy atom. The first-order valence-electron chi connectivity index (χ1n) is 9.82. The third kappa shape index (κ3) is 3.56. The SMILES string of the molecule is [2H]C1([2H])C([2H])([2H])C([2H])(N=Cc2cc(Br)cc(Br)c2N)C([2H])([2H])C([2H])([2H])C1([2H])O. The average Bonchev–Trinajstić information content (AvgIpc) is 2.54. The van der Waals surface area contributed by atoms with Crippen LogP contribution in [0.3, 0.4) is 0 Å². The molecule has 2 rings (SSSR count). The van der Waals surface area contributed by atoms with Gasteiger partial charge in [-0.05, 0) is 53.6 Å². The lowest BCUT2D eigenvalue weighted by molar-refractivity contribution is 0.123. The molecule has 0 radical (unpaired) electrons. The summed E-state index contributed by atoms with van der Waals surface area (Å²) in [5, 5.41) is 10.1. The summed E-state index contributed by atoms with van der Waals surface area (Å²) >= 11 is 6.39. The number of nitrogen functional groups attached to an aromatic ring is 1. The second kappa shape index (κ2) is 6.17. The van der Waals surface area contributed by atoms with Crippen molar-refractivity contribution in [3.8, 4) is 0 Å². The zero-order valence-electron chi connectivity index (χ0n) is 19.0. The molecular formula is C13H16Br2N2O. The van der Waals surface area contributed by atoms with E-state index in [4.69, 9.17) is 19.4 Å². The first-order valence-corrected chi connectivity index (χ1v) is 6.40. The predicted molar refractivity (Wildman–Crippen MR) is 82.1 cm³/mol. The highest BCUT2D eigenvalue weighted by atomic mass is 79.9. The van der Waals surface area contributed by atoms with E-state index in [1.807, 2.05) is 0 Å². The van der Waals surface area contributed by atoms with Crippen molar-refractivity contribution in [2.75, 3.05) is 5.73 Å². The van der Waals surface area contributed by atoms with Crippen LogP contribution in [0.1, 0.15) is 44.8 Å². The maximum absolute atomic E-state index is 10.1. The summed E-state index contributed by atoms with van der Waals surface area (Å²) in [6.45, 7) is 0. The Balaban J connectivity index is 2.77. The number of aliphatic hydroxyl groups is 1. The van der Waals surface area contributed by atoms with Crippen molar-refractivity contribution in [3.05, 3.63) is 26.6 Å². The number of nitrogens with two attached hydrogens (primary N) is 1. The highest BCUT2D eigenvalue weighted by Gasteiger charge is 2.18. The van der Waals surface area contributed by atoms with Crippen molar-refractivity contribution in [1.29, 1.82) is 0 Å². The van der Waals surface area contributed by atoms with Gasteiger partial charge in [-0.2, -0.15) is 0 Å². The minimum absolute atomic E-state index is 0.121. The monoisotopic (exact) mass is 384 g/mol. The summed E-state index contributed by atoms with van der Waals surface area (Å²) in [6.07, 6.45) is -17.5. The van der Waals surface area contributed by atoms with E-state index in [1.54, 1.807) is 6.07 Å². The minimum Gasteiger partial charge on any atom is -0.397 e. The van der Waals surface area contributed by atoms with Crippen molar-refractivity contribution in [1.82, 2.24) is 0 Å². The molecule has 18 heavy (non-hydrogen) atoms. The van der Waals surface area contributed by atoms with Gasteiger partial charge in [-0.15, -0.1) is 0 Å². The number of hydrogen-bond donors (Lipinski definition) is 2. The Kier molecular flexibility index (Phi) is 2.03. The normalized spacial score (nSPS) is 52.2. The van der Waals surface area contributed by atoms with Crippen LogP contribution in [0.5, 0.6) is 0 Å². The second-order valence-corrected chi connectivity index (χ2v) is 5.12. The molecule has 1 aromatic rings. The lowest BCUT2D eigenvalue weighted by Crippen LogP contribution is -2.20. The Morgan fingerprint density at radius 3 is 2.72 bits per heavy atom. The number of nitrogens with zero attached hydrogens (tertiary/aromatic N) is 1. The fourth-order valence-electron chi connectivity index (χ4n) is 1.21. The molecule has 0 amide bonds. The summed E-state index contributed by atoms with van der Waals surface area (Å²) in [5.74, 6) is 0. The Labute approximate surface area is 138 Å². The molecule has 0 aliphatic heterocycles. The smallest absolute Gasteiger partial charge is 0.0600 e. The Bertz CT molecular complexity index is 813. The molecule has 1 saturated carbocycles. The molecule has 0 aromatic heterocycles. The van der Waals surface area contributed by atoms with Gasteiger partial charge in [-0.3, -0.25) is 4.99 Å². The first-order chi connectivity index (χ1) is 12.3. The van der Waals surface area contributed by atoms with Crippen LogP contribution in [0.25, 0.3) is 0 Å². The maximum atomic E-state index is 10.1. The number of aliphatic imine (C=N–C) groups is 1. The molecule has 0 heterocycles. The Morgan fingerprint density at radius 1 is 1.39 bits per heavy atom. The molecule has 1 fully saturated rings. The summed E-state index contributed by atoms with van der Waals surface area (Å²) in [6, 6.07) is -0.369. The molecule has 3 nitrogen and oxygen atoms in total. The van der Waals surface area contributed by atoms with Crippen molar-refractivity contribution in [2.24, 2.45) is 4.99 Å². The third-order valence-corrected chi connectivity index (χ3v) is 3.17. The van der Waals surface area contributed by atoms with Crippen molar-refractivity contribution >= 4 is 43.8 Å². The molecular weight excluding hydrogens is 360 g/mol. The zero-order valence-corrected chi connectivity index (χ0v) is 12.1. The molecule has 3 N–H and O–H groups in total. The zero-order chi connectivity index (χ0) is 22.1. The molecule has 5 heteroatoms. The lowest BCUT2D eigenvalue weighted by Gasteiger charge is -2.22. The van der Waals surface area contributed by atoms with E-state index in [0.29, 0.717) is 8.95 Å². The van der Waals surface area contributed by atoms with Crippen LogP contribution in [-0.2, 0) is 0 Å². The van der Waals surface area contributed by atoms with Crippen molar-refractivity contribution in [2.45, 2.75) is 37.6 Å². The van der Waals surface area contributed by atoms with Gasteiger partial charge in [0.2, 0.25) is 0 Å². The first kappa shape index (κ1) is 5.94. The second-order valence-electron chi connectivity index (χ2n) is 3.35. The van der Waals surface area contributed by atoms with E-state index in [1.165, 1.54) is 6.07 Å². The van der Waals surface area contributed by atoms with Gasteiger partial charge < -0.3 is 10.8 Å². The van der Waals surface area contributed by atoms with Gasteiger partial charge in [0.25, 0.3) is 0 Å². The van der Waals surface area contributed by atoms with Gasteiger partial charge in [0.15, 0.2) is 0 Å². The average molecular weight is 386 g/mol. The van der Waals surface area contributed by atoms with Gasteiger partial charge in [0, 0.05) is 31.7 Å².